The van der Waals surface area contributed by atoms with Crippen LogP contribution in [0, 0.1) is 0 Å². The minimum atomic E-state index is -0.526. The number of esters is 1. The van der Waals surface area contributed by atoms with E-state index in [1.165, 1.54) is 7.11 Å². The molecule has 0 bridgehead atoms. The molecule has 0 spiro atoms. The Morgan fingerprint density at radius 1 is 1.17 bits per heavy atom. The highest BCUT2D eigenvalue weighted by molar-refractivity contribution is 6.03. The van der Waals surface area contributed by atoms with Crippen molar-refractivity contribution in [2.24, 2.45) is 0 Å². The molecule has 0 aromatic heterocycles. The number of phenolic OH excluding ortho intramolecular Hbond substituents is 1. The molecule has 1 aromatic rings. The first-order chi connectivity index (χ1) is 14.0. The largest absolute Gasteiger partial charge is 0.504 e. The average Bonchev–Trinajstić information content (AvgIpc) is 3.20. The third-order valence-corrected chi connectivity index (χ3v) is 6.11. The second kappa shape index (κ2) is 7.93. The molecule has 1 saturated carbocycles. The Hall–Kier alpha value is -2.76. The molecule has 0 radical (unpaired) electrons. The number of nitrogens with one attached hydrogen (secondary N) is 1. The van der Waals surface area contributed by atoms with E-state index in [4.69, 9.17) is 9.47 Å². The van der Waals surface area contributed by atoms with Crippen LogP contribution in [0.1, 0.15) is 63.4 Å². The van der Waals surface area contributed by atoms with Gasteiger partial charge in [-0.15, -0.1) is 0 Å². The Labute approximate surface area is 170 Å². The van der Waals surface area contributed by atoms with Crippen molar-refractivity contribution in [2.75, 3.05) is 7.11 Å². The van der Waals surface area contributed by atoms with E-state index >= 15 is 0 Å². The second-order valence-corrected chi connectivity index (χ2v) is 8.01. The van der Waals surface area contributed by atoms with E-state index in [1.54, 1.807) is 18.2 Å². The Morgan fingerprint density at radius 3 is 2.66 bits per heavy atom. The molecule has 1 atom stereocenters. The van der Waals surface area contributed by atoms with Crippen molar-refractivity contribution in [1.29, 1.82) is 0 Å². The summed E-state index contributed by atoms with van der Waals surface area (Å²) in [6.07, 6.45) is 5.89. The lowest BCUT2D eigenvalue weighted by Crippen LogP contribution is -2.35. The molecular formula is C23H27NO5. The zero-order valence-corrected chi connectivity index (χ0v) is 16.9. The summed E-state index contributed by atoms with van der Waals surface area (Å²) < 4.78 is 11.1. The fourth-order valence-electron chi connectivity index (χ4n) is 4.68. The summed E-state index contributed by atoms with van der Waals surface area (Å²) in [5.74, 6) is -0.515. The topological polar surface area (TPSA) is 84.9 Å². The number of methoxy groups -OCH3 is 1. The summed E-state index contributed by atoms with van der Waals surface area (Å²) in [7, 11) is 1.48. The van der Waals surface area contributed by atoms with Gasteiger partial charge in [-0.1, -0.05) is 6.07 Å². The SMILES string of the molecule is COc1cc([C@@H]2C(C(=O)OC3CCCC3)=C(C)NC3=C2C(=O)CCC3)ccc1O. The van der Waals surface area contributed by atoms with Crippen LogP contribution in [0.4, 0.5) is 0 Å². The number of allylic oxidation sites excluding steroid dienone is 3. The van der Waals surface area contributed by atoms with Gasteiger partial charge in [0.05, 0.1) is 12.7 Å². The van der Waals surface area contributed by atoms with Gasteiger partial charge in [-0.3, -0.25) is 4.79 Å². The van der Waals surface area contributed by atoms with E-state index in [2.05, 4.69) is 5.32 Å². The quantitative estimate of drug-likeness (QED) is 0.751. The Balaban J connectivity index is 1.79. The monoisotopic (exact) mass is 397 g/mol. The normalized spacial score (nSPS) is 22.4. The lowest BCUT2D eigenvalue weighted by Gasteiger charge is -2.34. The van der Waals surface area contributed by atoms with Crippen LogP contribution in [-0.2, 0) is 14.3 Å². The number of carbonyl (C=O) groups excluding carboxylic acids is 2. The Bertz CT molecular complexity index is 908. The highest BCUT2D eigenvalue weighted by Gasteiger charge is 2.40. The van der Waals surface area contributed by atoms with Crippen LogP contribution in [0.25, 0.3) is 0 Å². The lowest BCUT2D eigenvalue weighted by atomic mass is 9.75. The van der Waals surface area contributed by atoms with E-state index in [0.717, 1.165) is 55.5 Å². The van der Waals surface area contributed by atoms with E-state index in [0.29, 0.717) is 23.3 Å². The lowest BCUT2D eigenvalue weighted by molar-refractivity contribution is -0.144. The molecule has 1 aliphatic heterocycles. The number of carbonyl (C=O) groups is 2. The first-order valence-corrected chi connectivity index (χ1v) is 10.3. The minimum absolute atomic E-state index is 0.0186. The molecule has 4 rings (SSSR count). The van der Waals surface area contributed by atoms with Gasteiger partial charge in [0.25, 0.3) is 0 Å². The number of dihydropyridines is 1. The van der Waals surface area contributed by atoms with Crippen LogP contribution in [0.3, 0.4) is 0 Å². The standard InChI is InChI=1S/C23H27NO5/c1-13-20(23(27)29-15-6-3-4-7-15)21(14-10-11-17(25)19(12-14)28-2)22-16(24-13)8-5-9-18(22)26/h10-12,15,21,24-25H,3-9H2,1-2H3/t21-/m1/s1. The number of rotatable bonds is 4. The average molecular weight is 397 g/mol. The van der Waals surface area contributed by atoms with E-state index < -0.39 is 5.92 Å². The smallest absolute Gasteiger partial charge is 0.337 e. The third-order valence-electron chi connectivity index (χ3n) is 6.11. The van der Waals surface area contributed by atoms with Crippen molar-refractivity contribution in [3.63, 3.8) is 0 Å². The molecule has 0 unspecified atom stereocenters. The molecule has 0 amide bonds. The third kappa shape index (κ3) is 3.63. The number of Topliss-reactive ketones (excluding diaryl/α,β-unsaturated/α-hetero) is 1. The van der Waals surface area contributed by atoms with E-state index in [-0.39, 0.29) is 23.6 Å². The molecule has 6 nitrogen and oxygen atoms in total. The fraction of sp³-hybridized carbons (Fsp3) is 0.478. The molecular weight excluding hydrogens is 370 g/mol. The number of hydrogen-bond donors (Lipinski definition) is 2. The zero-order valence-electron chi connectivity index (χ0n) is 16.9. The van der Waals surface area contributed by atoms with Gasteiger partial charge in [-0.25, -0.2) is 4.79 Å². The van der Waals surface area contributed by atoms with Crippen molar-refractivity contribution in [3.05, 3.63) is 46.3 Å². The molecule has 154 valence electrons. The van der Waals surface area contributed by atoms with Crippen LogP contribution in [0.15, 0.2) is 40.7 Å². The van der Waals surface area contributed by atoms with E-state index in [9.17, 15) is 14.7 Å². The summed E-state index contributed by atoms with van der Waals surface area (Å²) in [5.41, 5.74) is 3.44. The van der Waals surface area contributed by atoms with Gasteiger partial charge in [-0.2, -0.15) is 0 Å². The van der Waals surface area contributed by atoms with Gasteiger partial charge in [0.1, 0.15) is 6.10 Å². The maximum atomic E-state index is 13.2. The van der Waals surface area contributed by atoms with Gasteiger partial charge < -0.3 is 19.9 Å². The number of aromatic hydroxyl groups is 1. The zero-order chi connectivity index (χ0) is 20.5. The first kappa shape index (κ1) is 19.6. The minimum Gasteiger partial charge on any atom is -0.504 e. The molecule has 2 aliphatic carbocycles. The predicted molar refractivity (Wildman–Crippen MR) is 107 cm³/mol. The van der Waals surface area contributed by atoms with Crippen LogP contribution >= 0.6 is 0 Å². The molecule has 1 fully saturated rings. The second-order valence-electron chi connectivity index (χ2n) is 8.01. The fourth-order valence-corrected chi connectivity index (χ4v) is 4.68. The summed E-state index contributed by atoms with van der Waals surface area (Å²) in [5, 5.41) is 13.3. The van der Waals surface area contributed by atoms with Crippen molar-refractivity contribution in [1.82, 2.24) is 5.32 Å². The van der Waals surface area contributed by atoms with Gasteiger partial charge in [0, 0.05) is 29.3 Å². The molecule has 6 heteroatoms. The van der Waals surface area contributed by atoms with Crippen LogP contribution in [0.5, 0.6) is 11.5 Å². The number of ether oxygens (including phenoxy) is 2. The molecule has 1 aromatic carbocycles. The Kier molecular flexibility index (Phi) is 5.35. The van der Waals surface area contributed by atoms with Crippen molar-refractivity contribution >= 4 is 11.8 Å². The number of hydrogen-bond acceptors (Lipinski definition) is 6. The van der Waals surface area contributed by atoms with Crippen LogP contribution < -0.4 is 10.1 Å². The Morgan fingerprint density at radius 2 is 1.93 bits per heavy atom. The summed E-state index contributed by atoms with van der Waals surface area (Å²) in [6.45, 7) is 1.86. The molecule has 3 aliphatic rings. The van der Waals surface area contributed by atoms with Crippen LogP contribution in [0.2, 0.25) is 0 Å². The van der Waals surface area contributed by atoms with Gasteiger partial charge in [0.15, 0.2) is 17.3 Å². The van der Waals surface area contributed by atoms with Crippen molar-refractivity contribution in [3.8, 4) is 11.5 Å². The molecule has 29 heavy (non-hydrogen) atoms. The number of ketones is 1. The van der Waals surface area contributed by atoms with Crippen LogP contribution in [-0.4, -0.2) is 30.1 Å². The highest BCUT2D eigenvalue weighted by Crippen LogP contribution is 2.44. The molecule has 0 saturated heterocycles. The van der Waals surface area contributed by atoms with Crippen molar-refractivity contribution in [2.45, 2.75) is 63.9 Å². The molecule has 2 N–H and O–H groups in total. The van der Waals surface area contributed by atoms with Gasteiger partial charge in [-0.05, 0) is 63.1 Å². The van der Waals surface area contributed by atoms with E-state index in [1.807, 2.05) is 6.92 Å². The first-order valence-electron chi connectivity index (χ1n) is 10.3. The van der Waals surface area contributed by atoms with Gasteiger partial charge >= 0.3 is 5.97 Å². The number of benzene rings is 1. The summed E-state index contributed by atoms with van der Waals surface area (Å²) in [4.78, 5) is 26.1. The van der Waals surface area contributed by atoms with Gasteiger partial charge in [0.2, 0.25) is 0 Å². The van der Waals surface area contributed by atoms with Crippen molar-refractivity contribution < 1.29 is 24.2 Å². The maximum Gasteiger partial charge on any atom is 0.337 e. The predicted octanol–water partition coefficient (Wildman–Crippen LogP) is 3.85. The number of phenols is 1. The highest BCUT2D eigenvalue weighted by atomic mass is 16.5. The summed E-state index contributed by atoms with van der Waals surface area (Å²) >= 11 is 0. The maximum absolute atomic E-state index is 13.2. The molecule has 1 heterocycles. The summed E-state index contributed by atoms with van der Waals surface area (Å²) in [6, 6.07) is 4.99.